The van der Waals surface area contributed by atoms with Crippen LogP contribution in [0.5, 0.6) is 0 Å². The fourth-order valence-corrected chi connectivity index (χ4v) is 2.46. The number of benzene rings is 2. The van der Waals surface area contributed by atoms with Gasteiger partial charge in [0.15, 0.2) is 0 Å². The number of rotatable bonds is 5. The van der Waals surface area contributed by atoms with Gasteiger partial charge in [-0.15, -0.1) is 0 Å². The summed E-state index contributed by atoms with van der Waals surface area (Å²) in [5.41, 5.74) is 2.40. The summed E-state index contributed by atoms with van der Waals surface area (Å²) >= 11 is 0. The lowest BCUT2D eigenvalue weighted by Gasteiger charge is -2.05. The molecule has 126 valence electrons. The van der Waals surface area contributed by atoms with Gasteiger partial charge in [-0.2, -0.15) is 0 Å². The minimum absolute atomic E-state index is 0.199. The van der Waals surface area contributed by atoms with E-state index in [1.54, 1.807) is 30.4 Å². The fraction of sp³-hybridized carbons (Fsp3) is 0.105. The van der Waals surface area contributed by atoms with Gasteiger partial charge in [-0.05, 0) is 17.2 Å². The molecule has 2 amide bonds. The lowest BCUT2D eigenvalue weighted by molar-refractivity contribution is -0.112. The maximum absolute atomic E-state index is 11.8. The van der Waals surface area contributed by atoms with Crippen LogP contribution in [0.4, 0.5) is 10.5 Å². The Hall–Kier alpha value is -3.41. The van der Waals surface area contributed by atoms with Crippen LogP contribution in [0.3, 0.4) is 0 Å². The van der Waals surface area contributed by atoms with Gasteiger partial charge in [-0.1, -0.05) is 54.6 Å². The van der Waals surface area contributed by atoms with Crippen LogP contribution in [0.1, 0.15) is 21.5 Å². The number of hydrogen-bond donors (Lipinski definition) is 2. The van der Waals surface area contributed by atoms with Crippen LogP contribution in [0.15, 0.2) is 54.6 Å². The highest BCUT2D eigenvalue weighted by Crippen LogP contribution is 2.26. The largest absolute Gasteiger partial charge is 0.445 e. The molecular weight excluding hydrogens is 320 g/mol. The zero-order valence-corrected chi connectivity index (χ0v) is 13.3. The Morgan fingerprint density at radius 1 is 1.08 bits per heavy atom. The third kappa shape index (κ3) is 3.92. The van der Waals surface area contributed by atoms with Gasteiger partial charge in [-0.3, -0.25) is 9.59 Å². The van der Waals surface area contributed by atoms with Gasteiger partial charge in [0.05, 0.1) is 11.3 Å². The van der Waals surface area contributed by atoms with E-state index in [1.165, 1.54) is 0 Å². The molecule has 2 aromatic rings. The average Bonchev–Trinajstić information content (AvgIpc) is 2.93. The summed E-state index contributed by atoms with van der Waals surface area (Å²) in [6.45, 7) is 0.442. The lowest BCUT2D eigenvalue weighted by atomic mass is 10.0. The van der Waals surface area contributed by atoms with Crippen molar-refractivity contribution in [1.82, 2.24) is 5.32 Å². The maximum Gasteiger partial charge on any atom is 0.407 e. The molecule has 0 spiro atoms. The molecule has 6 nitrogen and oxygen atoms in total. The van der Waals surface area contributed by atoms with Crippen molar-refractivity contribution in [2.45, 2.75) is 6.61 Å². The Labute approximate surface area is 144 Å². The summed E-state index contributed by atoms with van der Waals surface area (Å²) in [7, 11) is 0. The van der Waals surface area contributed by atoms with Gasteiger partial charge in [0.25, 0.3) is 11.7 Å². The van der Waals surface area contributed by atoms with Crippen molar-refractivity contribution in [2.24, 2.45) is 0 Å². The summed E-state index contributed by atoms with van der Waals surface area (Å²) in [6, 6.07) is 14.5. The summed E-state index contributed by atoms with van der Waals surface area (Å²) in [4.78, 5) is 34.9. The number of nitrogens with one attached hydrogen (secondary N) is 2. The Bertz CT molecular complexity index is 844. The number of ether oxygens (including phenoxy) is 1. The smallest absolute Gasteiger partial charge is 0.407 e. The van der Waals surface area contributed by atoms with Gasteiger partial charge in [0.2, 0.25) is 0 Å². The highest BCUT2D eigenvalue weighted by molar-refractivity contribution is 6.52. The standard InChI is InChI=1S/C19H16N2O4/c22-17-16-14(8-4-10-15(16)21-18(17)23)9-5-11-20-19(24)25-12-13-6-2-1-3-7-13/h1-10H,11-12H2,(H,20,24)(H,21,22,23). The first-order valence-corrected chi connectivity index (χ1v) is 7.75. The van der Waals surface area contributed by atoms with E-state index >= 15 is 0 Å². The molecule has 0 aromatic heterocycles. The summed E-state index contributed by atoms with van der Waals surface area (Å²) in [6.07, 6.45) is 2.85. The molecule has 1 aliphatic rings. The SMILES string of the molecule is O=C(NCC=Cc1cccc2c1C(=O)C(=O)N2)OCc1ccccc1. The van der Waals surface area contributed by atoms with Gasteiger partial charge in [0, 0.05) is 6.54 Å². The number of alkyl carbamates (subject to hydrolysis) is 1. The minimum atomic E-state index is -0.626. The molecule has 2 N–H and O–H groups in total. The number of amides is 2. The second kappa shape index (κ2) is 7.44. The third-order valence-corrected chi connectivity index (χ3v) is 3.65. The molecule has 0 fully saturated rings. The van der Waals surface area contributed by atoms with Crippen molar-refractivity contribution < 1.29 is 19.1 Å². The van der Waals surface area contributed by atoms with Crippen LogP contribution < -0.4 is 10.6 Å². The maximum atomic E-state index is 11.8. The molecule has 0 saturated heterocycles. The van der Waals surface area contributed by atoms with Crippen molar-refractivity contribution >= 4 is 29.5 Å². The Kier molecular flexibility index (Phi) is 4.89. The van der Waals surface area contributed by atoms with E-state index in [-0.39, 0.29) is 13.2 Å². The normalized spacial score (nSPS) is 12.8. The molecule has 0 saturated carbocycles. The highest BCUT2D eigenvalue weighted by atomic mass is 16.5. The molecule has 1 aliphatic heterocycles. The van der Waals surface area contributed by atoms with E-state index in [2.05, 4.69) is 10.6 Å². The Balaban J connectivity index is 1.51. The zero-order valence-electron chi connectivity index (χ0n) is 13.3. The number of carbonyl (C=O) groups excluding carboxylic acids is 3. The van der Waals surface area contributed by atoms with Gasteiger partial charge in [0.1, 0.15) is 6.61 Å². The molecule has 3 rings (SSSR count). The summed E-state index contributed by atoms with van der Waals surface area (Å²) < 4.78 is 5.09. The number of hydrogen-bond acceptors (Lipinski definition) is 4. The van der Waals surface area contributed by atoms with E-state index in [4.69, 9.17) is 4.74 Å². The third-order valence-electron chi connectivity index (χ3n) is 3.65. The summed E-state index contributed by atoms with van der Waals surface area (Å²) in [5.74, 6) is -1.18. The van der Waals surface area contributed by atoms with E-state index < -0.39 is 17.8 Å². The predicted octanol–water partition coefficient (Wildman–Crippen LogP) is 2.76. The topological polar surface area (TPSA) is 84.5 Å². The second-order valence-corrected chi connectivity index (χ2v) is 5.40. The fourth-order valence-electron chi connectivity index (χ4n) is 2.46. The number of carbonyl (C=O) groups is 3. The molecule has 0 radical (unpaired) electrons. The van der Waals surface area contributed by atoms with Crippen LogP contribution in [-0.4, -0.2) is 24.3 Å². The van der Waals surface area contributed by atoms with E-state index in [0.717, 1.165) is 5.56 Å². The molecule has 6 heteroatoms. The molecule has 0 atom stereocenters. The molecule has 0 aliphatic carbocycles. The Morgan fingerprint density at radius 3 is 2.68 bits per heavy atom. The van der Waals surface area contributed by atoms with Crippen molar-refractivity contribution in [2.75, 3.05) is 11.9 Å². The van der Waals surface area contributed by atoms with E-state index in [0.29, 0.717) is 16.8 Å². The van der Waals surface area contributed by atoms with Crippen LogP contribution in [0.2, 0.25) is 0 Å². The van der Waals surface area contributed by atoms with Crippen LogP contribution in [0.25, 0.3) is 6.08 Å². The molecule has 0 bridgehead atoms. The van der Waals surface area contributed by atoms with Crippen LogP contribution in [-0.2, 0) is 16.1 Å². The number of fused-ring (bicyclic) bond motifs is 1. The molecule has 1 heterocycles. The molecule has 25 heavy (non-hydrogen) atoms. The lowest BCUT2D eigenvalue weighted by Crippen LogP contribution is -2.24. The van der Waals surface area contributed by atoms with Gasteiger partial charge >= 0.3 is 6.09 Å². The minimum Gasteiger partial charge on any atom is -0.445 e. The van der Waals surface area contributed by atoms with Gasteiger partial charge in [-0.25, -0.2) is 4.79 Å². The van der Waals surface area contributed by atoms with E-state index in [1.807, 2.05) is 30.3 Å². The number of ketones is 1. The van der Waals surface area contributed by atoms with Crippen molar-refractivity contribution in [1.29, 1.82) is 0 Å². The quantitative estimate of drug-likeness (QED) is 0.822. The first-order valence-electron chi connectivity index (χ1n) is 7.75. The van der Waals surface area contributed by atoms with Crippen molar-refractivity contribution in [3.63, 3.8) is 0 Å². The number of Topliss-reactive ketones (excluding diaryl/α,β-unsaturated/α-hetero) is 1. The molecule has 0 unspecified atom stereocenters. The first kappa shape index (κ1) is 16.4. The monoisotopic (exact) mass is 336 g/mol. The zero-order chi connectivity index (χ0) is 17.6. The van der Waals surface area contributed by atoms with Gasteiger partial charge < -0.3 is 15.4 Å². The first-order chi connectivity index (χ1) is 12.1. The second-order valence-electron chi connectivity index (χ2n) is 5.40. The van der Waals surface area contributed by atoms with Crippen LogP contribution >= 0.6 is 0 Å². The number of anilines is 1. The van der Waals surface area contributed by atoms with E-state index in [9.17, 15) is 14.4 Å². The average molecular weight is 336 g/mol. The summed E-state index contributed by atoms with van der Waals surface area (Å²) in [5, 5.41) is 5.11. The Morgan fingerprint density at radius 2 is 1.88 bits per heavy atom. The highest BCUT2D eigenvalue weighted by Gasteiger charge is 2.29. The molecule has 2 aromatic carbocycles. The van der Waals surface area contributed by atoms with Crippen molar-refractivity contribution in [3.8, 4) is 0 Å². The van der Waals surface area contributed by atoms with Crippen molar-refractivity contribution in [3.05, 3.63) is 71.3 Å². The van der Waals surface area contributed by atoms with Crippen LogP contribution in [0, 0.1) is 0 Å². The molecular formula is C19H16N2O4. The predicted molar refractivity (Wildman–Crippen MR) is 93.1 cm³/mol.